The zero-order valence-electron chi connectivity index (χ0n) is 19.9. The first-order chi connectivity index (χ1) is 15.9. The number of rotatable bonds is 11. The molecule has 1 N–H and O–H groups in total. The van der Waals surface area contributed by atoms with Crippen LogP contribution in [0.2, 0.25) is 0 Å². The molecule has 7 heteroatoms. The number of hydrogen-bond donors (Lipinski definition) is 1. The van der Waals surface area contributed by atoms with Crippen molar-refractivity contribution < 1.29 is 4.79 Å². The molecule has 0 spiro atoms. The highest BCUT2D eigenvalue weighted by atomic mass is 32.2. The van der Waals surface area contributed by atoms with E-state index in [4.69, 9.17) is 9.97 Å². The van der Waals surface area contributed by atoms with Gasteiger partial charge in [0.2, 0.25) is 0 Å². The molecule has 0 saturated carbocycles. The van der Waals surface area contributed by atoms with Crippen LogP contribution in [0.3, 0.4) is 0 Å². The molecule has 0 saturated heterocycles. The summed E-state index contributed by atoms with van der Waals surface area (Å²) in [5, 5.41) is 3.72. The van der Waals surface area contributed by atoms with Gasteiger partial charge in [-0.3, -0.25) is 4.79 Å². The minimum atomic E-state index is -0.0406. The highest BCUT2D eigenvalue weighted by Gasteiger charge is 2.10. The van der Waals surface area contributed by atoms with Gasteiger partial charge in [0.25, 0.3) is 5.91 Å². The lowest BCUT2D eigenvalue weighted by Crippen LogP contribution is -2.31. The summed E-state index contributed by atoms with van der Waals surface area (Å²) in [4.78, 5) is 26.0. The van der Waals surface area contributed by atoms with Crippen LogP contribution in [0.1, 0.15) is 34.1 Å². The number of carbonyl (C=O) groups is 1. The monoisotopic (exact) mass is 463 g/mol. The third-order valence-corrected chi connectivity index (χ3v) is 6.11. The summed E-state index contributed by atoms with van der Waals surface area (Å²) in [6.45, 7) is 4.36. The molecule has 174 valence electrons. The summed E-state index contributed by atoms with van der Waals surface area (Å²) in [5.41, 5.74) is 4.09. The fraction of sp³-hybridized carbons (Fsp3) is 0.346. The van der Waals surface area contributed by atoms with Crippen molar-refractivity contribution in [2.24, 2.45) is 0 Å². The molecule has 2 aromatic carbocycles. The number of aryl methyl sites for hydroxylation is 1. The molecular formula is C26H33N5OS. The zero-order valence-corrected chi connectivity index (χ0v) is 20.7. The molecule has 33 heavy (non-hydrogen) atoms. The zero-order chi connectivity index (χ0) is 23.6. The molecule has 0 fully saturated rings. The number of likely N-dealkylation sites (N-methyl/N-ethyl adjacent to an activating group) is 1. The number of anilines is 1. The first-order valence-electron chi connectivity index (χ1n) is 11.2. The lowest BCUT2D eigenvalue weighted by atomic mass is 10.1. The van der Waals surface area contributed by atoms with Gasteiger partial charge in [-0.15, -0.1) is 0 Å². The van der Waals surface area contributed by atoms with Crippen LogP contribution in [0.4, 0.5) is 5.82 Å². The van der Waals surface area contributed by atoms with Crippen LogP contribution >= 0.6 is 11.8 Å². The van der Waals surface area contributed by atoms with Gasteiger partial charge in [-0.05, 0) is 43.8 Å². The van der Waals surface area contributed by atoms with E-state index in [9.17, 15) is 4.79 Å². The van der Waals surface area contributed by atoms with E-state index in [1.54, 1.807) is 11.8 Å². The molecule has 1 heterocycles. The van der Waals surface area contributed by atoms with Gasteiger partial charge in [-0.25, -0.2) is 9.97 Å². The molecule has 0 unspecified atom stereocenters. The second-order valence-electron chi connectivity index (χ2n) is 8.24. The quantitative estimate of drug-likeness (QED) is 0.339. The van der Waals surface area contributed by atoms with Gasteiger partial charge >= 0.3 is 0 Å². The van der Waals surface area contributed by atoms with E-state index in [1.807, 2.05) is 49.3 Å². The van der Waals surface area contributed by atoms with Crippen molar-refractivity contribution in [3.8, 4) is 0 Å². The molecule has 1 amide bonds. The van der Waals surface area contributed by atoms with E-state index in [1.165, 1.54) is 5.56 Å². The molecular weight excluding hydrogens is 430 g/mol. The molecule has 0 aliphatic rings. The summed E-state index contributed by atoms with van der Waals surface area (Å²) >= 11 is 1.62. The van der Waals surface area contributed by atoms with Crippen LogP contribution in [0, 0.1) is 0 Å². The molecule has 0 radical (unpaired) electrons. The van der Waals surface area contributed by atoms with Gasteiger partial charge < -0.3 is 15.1 Å². The average Bonchev–Trinajstić information content (AvgIpc) is 2.83. The fourth-order valence-electron chi connectivity index (χ4n) is 3.23. The third-order valence-electron chi connectivity index (χ3n) is 5.19. The van der Waals surface area contributed by atoms with E-state index in [0.29, 0.717) is 12.1 Å². The van der Waals surface area contributed by atoms with Crippen LogP contribution in [0.25, 0.3) is 0 Å². The molecule has 0 aliphatic heterocycles. The Morgan fingerprint density at radius 1 is 0.970 bits per heavy atom. The minimum absolute atomic E-state index is 0.0406. The van der Waals surface area contributed by atoms with Gasteiger partial charge in [-0.2, -0.15) is 0 Å². The van der Waals surface area contributed by atoms with Crippen LogP contribution in [-0.4, -0.2) is 55.0 Å². The number of aromatic nitrogens is 2. The summed E-state index contributed by atoms with van der Waals surface area (Å²) in [5.74, 6) is 1.64. The summed E-state index contributed by atoms with van der Waals surface area (Å²) in [6, 6.07) is 20.2. The Morgan fingerprint density at radius 2 is 1.70 bits per heavy atom. The SMILES string of the molecule is CCc1cc(N(C)Cc2ccccc2)nc(SCc2ccc(C(=O)NCCN(C)C)cc2)n1. The number of amides is 1. The van der Waals surface area contributed by atoms with Gasteiger partial charge in [-0.1, -0.05) is 61.2 Å². The molecule has 0 atom stereocenters. The van der Waals surface area contributed by atoms with Crippen LogP contribution in [-0.2, 0) is 18.7 Å². The maximum Gasteiger partial charge on any atom is 0.251 e. The normalized spacial score (nSPS) is 10.9. The van der Waals surface area contributed by atoms with Crippen molar-refractivity contribution in [1.82, 2.24) is 20.2 Å². The largest absolute Gasteiger partial charge is 0.355 e. The topological polar surface area (TPSA) is 61.4 Å². The van der Waals surface area contributed by atoms with E-state index in [2.05, 4.69) is 54.5 Å². The van der Waals surface area contributed by atoms with E-state index >= 15 is 0 Å². The molecule has 6 nitrogen and oxygen atoms in total. The minimum Gasteiger partial charge on any atom is -0.355 e. The Kier molecular flexibility index (Phi) is 9.27. The summed E-state index contributed by atoms with van der Waals surface area (Å²) < 4.78 is 0. The van der Waals surface area contributed by atoms with E-state index in [0.717, 1.165) is 47.5 Å². The summed E-state index contributed by atoms with van der Waals surface area (Å²) in [7, 11) is 6.04. The van der Waals surface area contributed by atoms with Crippen molar-refractivity contribution in [3.63, 3.8) is 0 Å². The van der Waals surface area contributed by atoms with Gasteiger partial charge in [0.05, 0.1) is 0 Å². The second-order valence-corrected chi connectivity index (χ2v) is 9.18. The predicted octanol–water partition coefficient (Wildman–Crippen LogP) is 4.26. The number of thioether (sulfide) groups is 1. The Balaban J connectivity index is 1.61. The number of nitrogens with one attached hydrogen (secondary N) is 1. The number of carbonyl (C=O) groups excluding carboxylic acids is 1. The standard InChI is InChI=1S/C26H33N5OS/c1-5-23-17-24(31(4)18-20-9-7-6-8-10-20)29-26(28-23)33-19-21-11-13-22(14-12-21)25(32)27-15-16-30(2)3/h6-14,17H,5,15-16,18-19H2,1-4H3,(H,27,32). The van der Waals surface area contributed by atoms with Crippen molar-refractivity contribution in [3.05, 3.63) is 83.0 Å². The van der Waals surface area contributed by atoms with E-state index < -0.39 is 0 Å². The van der Waals surface area contributed by atoms with Gasteiger partial charge in [0.15, 0.2) is 5.16 Å². The fourth-order valence-corrected chi connectivity index (χ4v) is 4.06. The van der Waals surface area contributed by atoms with Crippen molar-refractivity contribution in [1.29, 1.82) is 0 Å². The Morgan fingerprint density at radius 3 is 2.36 bits per heavy atom. The second kappa shape index (κ2) is 12.4. The molecule has 3 aromatic rings. The van der Waals surface area contributed by atoms with Gasteiger partial charge in [0.1, 0.15) is 5.82 Å². The van der Waals surface area contributed by atoms with Crippen molar-refractivity contribution in [2.45, 2.75) is 30.8 Å². The third kappa shape index (κ3) is 7.87. The maximum atomic E-state index is 12.3. The Labute approximate surface area is 201 Å². The lowest BCUT2D eigenvalue weighted by Gasteiger charge is -2.19. The maximum absolute atomic E-state index is 12.3. The highest BCUT2D eigenvalue weighted by Crippen LogP contribution is 2.24. The Hall–Kier alpha value is -2.90. The average molecular weight is 464 g/mol. The predicted molar refractivity (Wildman–Crippen MR) is 137 cm³/mol. The number of hydrogen-bond acceptors (Lipinski definition) is 6. The van der Waals surface area contributed by atoms with E-state index in [-0.39, 0.29) is 5.91 Å². The van der Waals surface area contributed by atoms with Crippen LogP contribution < -0.4 is 10.2 Å². The van der Waals surface area contributed by atoms with Gasteiger partial charge in [0, 0.05) is 49.8 Å². The molecule has 0 bridgehead atoms. The van der Waals surface area contributed by atoms with Crippen molar-refractivity contribution >= 4 is 23.5 Å². The van der Waals surface area contributed by atoms with Crippen molar-refractivity contribution in [2.75, 3.05) is 39.1 Å². The Bertz CT molecular complexity index is 1020. The first-order valence-corrected chi connectivity index (χ1v) is 12.2. The summed E-state index contributed by atoms with van der Waals surface area (Å²) in [6.07, 6.45) is 0.861. The first kappa shape index (κ1) is 24.7. The smallest absolute Gasteiger partial charge is 0.251 e. The lowest BCUT2D eigenvalue weighted by molar-refractivity contribution is 0.0951. The molecule has 3 rings (SSSR count). The molecule has 1 aromatic heterocycles. The number of benzene rings is 2. The van der Waals surface area contributed by atoms with Crippen LogP contribution in [0.15, 0.2) is 65.8 Å². The molecule has 0 aliphatic carbocycles. The van der Waals surface area contributed by atoms with Crippen LogP contribution in [0.5, 0.6) is 0 Å². The highest BCUT2D eigenvalue weighted by molar-refractivity contribution is 7.98. The number of nitrogens with zero attached hydrogens (tertiary/aromatic N) is 4.